The fraction of sp³-hybridized carbons (Fsp3) is 0.786. The minimum absolute atomic E-state index is 0.535. The lowest BCUT2D eigenvalue weighted by Crippen LogP contribution is -2.47. The van der Waals surface area contributed by atoms with E-state index in [0.717, 1.165) is 12.4 Å². The largest absolute Gasteiger partial charge is 0.384 e. The topological polar surface area (TPSA) is 47.1 Å². The van der Waals surface area contributed by atoms with Crippen LogP contribution in [-0.2, 0) is 13.6 Å². The summed E-state index contributed by atoms with van der Waals surface area (Å²) in [6.07, 6.45) is 8.97. The number of hydrogen-bond donors (Lipinski definition) is 1. The van der Waals surface area contributed by atoms with Gasteiger partial charge in [0.05, 0.1) is 6.20 Å². The Morgan fingerprint density at radius 1 is 1.37 bits per heavy atom. The van der Waals surface area contributed by atoms with E-state index in [1.165, 1.54) is 56.5 Å². The van der Waals surface area contributed by atoms with Crippen LogP contribution in [0, 0.1) is 0 Å². The Balaban J connectivity index is 1.66. The van der Waals surface area contributed by atoms with E-state index in [0.29, 0.717) is 4.75 Å². The third kappa shape index (κ3) is 2.77. The molecule has 0 amide bonds. The van der Waals surface area contributed by atoms with Crippen molar-refractivity contribution in [1.29, 1.82) is 0 Å². The maximum Gasteiger partial charge on any atom is 0.125 e. The molecule has 106 valence electrons. The Labute approximate surface area is 119 Å². The smallest absolute Gasteiger partial charge is 0.125 e. The van der Waals surface area contributed by atoms with Gasteiger partial charge in [0.1, 0.15) is 5.82 Å². The number of aromatic nitrogens is 2. The summed E-state index contributed by atoms with van der Waals surface area (Å²) in [6.45, 7) is 3.37. The zero-order valence-corrected chi connectivity index (χ0v) is 12.6. The molecule has 1 saturated heterocycles. The minimum Gasteiger partial charge on any atom is -0.384 e. The fourth-order valence-electron chi connectivity index (χ4n) is 3.41. The molecule has 1 spiro atoms. The minimum atomic E-state index is 0.535. The third-order valence-electron chi connectivity index (χ3n) is 4.55. The molecule has 1 aliphatic heterocycles. The second kappa shape index (κ2) is 5.37. The molecule has 2 N–H and O–H groups in total. The summed E-state index contributed by atoms with van der Waals surface area (Å²) < 4.78 is 2.30. The number of aryl methyl sites for hydroxylation is 1. The van der Waals surface area contributed by atoms with Crippen LogP contribution in [0.5, 0.6) is 0 Å². The highest BCUT2D eigenvalue weighted by molar-refractivity contribution is 8.00. The van der Waals surface area contributed by atoms with Crippen LogP contribution in [0.1, 0.15) is 37.7 Å². The highest BCUT2D eigenvalue weighted by Crippen LogP contribution is 2.43. The molecule has 0 aromatic carbocycles. The molecule has 0 atom stereocenters. The highest BCUT2D eigenvalue weighted by atomic mass is 32.2. The van der Waals surface area contributed by atoms with Gasteiger partial charge in [-0.3, -0.25) is 9.58 Å². The zero-order valence-electron chi connectivity index (χ0n) is 11.8. The summed E-state index contributed by atoms with van der Waals surface area (Å²) in [6, 6.07) is 0. The zero-order chi connectivity index (χ0) is 13.3. The van der Waals surface area contributed by atoms with Gasteiger partial charge in [-0.05, 0) is 12.8 Å². The van der Waals surface area contributed by atoms with E-state index in [-0.39, 0.29) is 0 Å². The van der Waals surface area contributed by atoms with Crippen molar-refractivity contribution in [3.63, 3.8) is 0 Å². The lowest BCUT2D eigenvalue weighted by molar-refractivity contribution is 0.213. The summed E-state index contributed by atoms with van der Waals surface area (Å²) in [4.78, 5) is 2.58. The monoisotopic (exact) mass is 280 g/mol. The number of nitrogens with two attached hydrogens (primary N) is 1. The van der Waals surface area contributed by atoms with E-state index in [1.807, 2.05) is 13.2 Å². The van der Waals surface area contributed by atoms with E-state index < -0.39 is 0 Å². The van der Waals surface area contributed by atoms with Crippen LogP contribution in [-0.4, -0.2) is 38.3 Å². The van der Waals surface area contributed by atoms with Crippen LogP contribution >= 0.6 is 11.8 Å². The number of anilines is 1. The molecule has 3 rings (SSSR count). The lowest BCUT2D eigenvalue weighted by atomic mass is 9.87. The van der Waals surface area contributed by atoms with Crippen LogP contribution in [0.3, 0.4) is 0 Å². The van der Waals surface area contributed by atoms with Crippen molar-refractivity contribution in [2.75, 3.05) is 24.6 Å². The molecule has 1 saturated carbocycles. The first kappa shape index (κ1) is 13.3. The summed E-state index contributed by atoms with van der Waals surface area (Å²) in [7, 11) is 1.91. The van der Waals surface area contributed by atoms with Crippen molar-refractivity contribution in [3.8, 4) is 0 Å². The van der Waals surface area contributed by atoms with Gasteiger partial charge in [0.2, 0.25) is 0 Å². The average Bonchev–Trinajstić information content (AvgIpc) is 2.72. The van der Waals surface area contributed by atoms with Gasteiger partial charge in [-0.2, -0.15) is 16.9 Å². The first-order valence-corrected chi connectivity index (χ1v) is 8.30. The van der Waals surface area contributed by atoms with Gasteiger partial charge >= 0.3 is 0 Å². The Bertz CT molecular complexity index is 431. The van der Waals surface area contributed by atoms with Gasteiger partial charge in [-0.1, -0.05) is 19.3 Å². The molecule has 1 aromatic rings. The molecule has 1 aliphatic carbocycles. The molecule has 19 heavy (non-hydrogen) atoms. The van der Waals surface area contributed by atoms with Crippen molar-refractivity contribution >= 4 is 17.6 Å². The molecule has 0 bridgehead atoms. The second-order valence-electron chi connectivity index (χ2n) is 5.98. The van der Waals surface area contributed by atoms with Crippen molar-refractivity contribution in [2.45, 2.75) is 43.4 Å². The molecular weight excluding hydrogens is 256 g/mol. The van der Waals surface area contributed by atoms with Crippen molar-refractivity contribution < 1.29 is 0 Å². The Morgan fingerprint density at radius 3 is 2.84 bits per heavy atom. The van der Waals surface area contributed by atoms with Crippen molar-refractivity contribution in [3.05, 3.63) is 11.8 Å². The first-order valence-electron chi connectivity index (χ1n) is 7.31. The number of nitrogen functional groups attached to an aromatic ring is 1. The molecular formula is C14H24N4S. The van der Waals surface area contributed by atoms with Crippen LogP contribution in [0.2, 0.25) is 0 Å². The molecule has 2 fully saturated rings. The summed E-state index contributed by atoms with van der Waals surface area (Å²) >= 11 is 2.22. The molecule has 1 aromatic heterocycles. The van der Waals surface area contributed by atoms with Crippen LogP contribution in [0.25, 0.3) is 0 Å². The molecule has 4 nitrogen and oxygen atoms in total. The van der Waals surface area contributed by atoms with E-state index in [1.54, 1.807) is 4.68 Å². The maximum atomic E-state index is 6.06. The molecule has 5 heteroatoms. The number of thioether (sulfide) groups is 1. The fourth-order valence-corrected chi connectivity index (χ4v) is 5.05. The van der Waals surface area contributed by atoms with Crippen LogP contribution in [0.4, 0.5) is 5.82 Å². The summed E-state index contributed by atoms with van der Waals surface area (Å²) in [5.41, 5.74) is 7.24. The molecule has 0 unspecified atom stereocenters. The van der Waals surface area contributed by atoms with Gasteiger partial charge in [0, 0.05) is 42.7 Å². The van der Waals surface area contributed by atoms with E-state index in [2.05, 4.69) is 21.8 Å². The summed E-state index contributed by atoms with van der Waals surface area (Å²) in [5, 5.41) is 4.25. The normalized spacial score (nSPS) is 23.8. The molecule has 2 heterocycles. The number of hydrogen-bond acceptors (Lipinski definition) is 4. The van der Waals surface area contributed by atoms with E-state index >= 15 is 0 Å². The van der Waals surface area contributed by atoms with Gasteiger partial charge in [-0.15, -0.1) is 0 Å². The third-order valence-corrected chi connectivity index (χ3v) is 6.09. The van der Waals surface area contributed by atoms with Gasteiger partial charge < -0.3 is 5.73 Å². The standard InChI is InChI=1S/C14H24N4S/c1-17-13(15)12(9-16-17)10-18-7-8-19-14(11-18)5-3-2-4-6-14/h9H,2-8,10-11,15H2,1H3. The predicted molar refractivity (Wildman–Crippen MR) is 81.2 cm³/mol. The summed E-state index contributed by atoms with van der Waals surface area (Å²) in [5.74, 6) is 2.08. The average molecular weight is 280 g/mol. The Kier molecular flexibility index (Phi) is 3.76. The van der Waals surface area contributed by atoms with E-state index in [9.17, 15) is 0 Å². The van der Waals surface area contributed by atoms with Gasteiger partial charge in [0.25, 0.3) is 0 Å². The van der Waals surface area contributed by atoms with Crippen LogP contribution in [0.15, 0.2) is 6.20 Å². The van der Waals surface area contributed by atoms with Gasteiger partial charge in [-0.25, -0.2) is 0 Å². The van der Waals surface area contributed by atoms with Crippen molar-refractivity contribution in [1.82, 2.24) is 14.7 Å². The first-order chi connectivity index (χ1) is 9.19. The SMILES string of the molecule is Cn1ncc(CN2CCSC3(CCCCC3)C2)c1N. The van der Waals surface area contributed by atoms with Gasteiger partial charge in [0.15, 0.2) is 0 Å². The maximum absolute atomic E-state index is 6.06. The quantitative estimate of drug-likeness (QED) is 0.902. The Hall–Kier alpha value is -0.680. The molecule has 2 aliphatic rings. The predicted octanol–water partition coefficient (Wildman–Crippen LogP) is 2.25. The number of rotatable bonds is 2. The van der Waals surface area contributed by atoms with E-state index in [4.69, 9.17) is 5.73 Å². The lowest BCUT2D eigenvalue weighted by Gasteiger charge is -2.44. The molecule has 0 radical (unpaired) electrons. The highest BCUT2D eigenvalue weighted by Gasteiger charge is 2.37. The Morgan fingerprint density at radius 2 is 2.16 bits per heavy atom. The second-order valence-corrected chi connectivity index (χ2v) is 7.54. The number of nitrogens with zero attached hydrogens (tertiary/aromatic N) is 3. The van der Waals surface area contributed by atoms with Crippen LogP contribution < -0.4 is 5.73 Å². The van der Waals surface area contributed by atoms with Crippen molar-refractivity contribution in [2.24, 2.45) is 7.05 Å².